The monoisotopic (exact) mass is 436 g/mol. The van der Waals surface area contributed by atoms with Crippen molar-refractivity contribution >= 4 is 21.6 Å². The zero-order valence-electron chi connectivity index (χ0n) is 16.8. The number of ether oxygens (including phenoxy) is 4. The lowest BCUT2D eigenvalue weighted by Crippen LogP contribution is -2.41. The highest BCUT2D eigenvalue weighted by molar-refractivity contribution is 7.92. The van der Waals surface area contributed by atoms with E-state index in [-0.39, 0.29) is 19.7 Å². The molecule has 0 bridgehead atoms. The first-order valence-corrected chi connectivity index (χ1v) is 11.1. The Kier molecular flexibility index (Phi) is 6.88. The standard InChI is InChI=1S/C20H24N2O7S/c1-26-16-4-6-17(7-5-16)27-10-9-21-20(23)14-22(30(2,24)25)15-3-8-18-19(13-15)29-12-11-28-18/h3-8,13H,9-12,14H2,1-2H3,(H,21,23). The summed E-state index contributed by atoms with van der Waals surface area (Å²) in [7, 11) is -2.11. The van der Waals surface area contributed by atoms with Crippen molar-refractivity contribution in [1.29, 1.82) is 0 Å². The van der Waals surface area contributed by atoms with E-state index in [0.29, 0.717) is 36.1 Å². The number of nitrogens with one attached hydrogen (secondary N) is 1. The molecule has 1 heterocycles. The van der Waals surface area contributed by atoms with E-state index in [1.54, 1.807) is 49.6 Å². The average molecular weight is 436 g/mol. The second-order valence-corrected chi connectivity index (χ2v) is 8.38. The third-order valence-corrected chi connectivity index (χ3v) is 5.39. The summed E-state index contributed by atoms with van der Waals surface area (Å²) in [5.74, 6) is 1.89. The minimum atomic E-state index is -3.69. The summed E-state index contributed by atoms with van der Waals surface area (Å²) in [6.07, 6.45) is 1.05. The van der Waals surface area contributed by atoms with Gasteiger partial charge < -0.3 is 24.3 Å². The molecular formula is C20H24N2O7S. The van der Waals surface area contributed by atoms with E-state index in [1.807, 2.05) is 0 Å². The van der Waals surface area contributed by atoms with Crippen LogP contribution >= 0.6 is 0 Å². The van der Waals surface area contributed by atoms with Gasteiger partial charge in [-0.15, -0.1) is 0 Å². The summed E-state index contributed by atoms with van der Waals surface area (Å²) in [5.41, 5.74) is 0.325. The predicted octanol–water partition coefficient (Wildman–Crippen LogP) is 1.43. The molecular weight excluding hydrogens is 412 g/mol. The summed E-state index contributed by atoms with van der Waals surface area (Å²) in [4.78, 5) is 12.3. The van der Waals surface area contributed by atoms with Crippen LogP contribution in [0.5, 0.6) is 23.0 Å². The molecule has 1 N–H and O–H groups in total. The van der Waals surface area contributed by atoms with Gasteiger partial charge in [-0.25, -0.2) is 8.42 Å². The molecule has 0 aromatic heterocycles. The minimum Gasteiger partial charge on any atom is -0.497 e. The molecule has 1 aliphatic heterocycles. The Bertz CT molecular complexity index is 977. The van der Waals surface area contributed by atoms with Crippen molar-refractivity contribution in [2.24, 2.45) is 0 Å². The maximum Gasteiger partial charge on any atom is 0.240 e. The van der Waals surface area contributed by atoms with Gasteiger partial charge in [-0.05, 0) is 36.4 Å². The molecule has 0 saturated heterocycles. The van der Waals surface area contributed by atoms with Gasteiger partial charge in [0.25, 0.3) is 0 Å². The molecule has 162 valence electrons. The third kappa shape index (κ3) is 5.69. The van der Waals surface area contributed by atoms with Crippen molar-refractivity contribution < 1.29 is 32.2 Å². The molecule has 2 aromatic rings. The molecule has 0 fully saturated rings. The molecule has 3 rings (SSSR count). The highest BCUT2D eigenvalue weighted by Gasteiger charge is 2.23. The fourth-order valence-corrected chi connectivity index (χ4v) is 3.65. The topological polar surface area (TPSA) is 103 Å². The Balaban J connectivity index is 1.55. The zero-order valence-corrected chi connectivity index (χ0v) is 17.6. The van der Waals surface area contributed by atoms with Crippen LogP contribution in [-0.4, -0.2) is 60.6 Å². The number of amides is 1. The molecule has 0 aliphatic carbocycles. The van der Waals surface area contributed by atoms with Gasteiger partial charge in [-0.2, -0.15) is 0 Å². The first kappa shape index (κ1) is 21.6. The molecule has 0 radical (unpaired) electrons. The largest absolute Gasteiger partial charge is 0.497 e. The molecule has 0 spiro atoms. The van der Waals surface area contributed by atoms with E-state index in [4.69, 9.17) is 18.9 Å². The lowest BCUT2D eigenvalue weighted by molar-refractivity contribution is -0.119. The Morgan fingerprint density at radius 1 is 1.07 bits per heavy atom. The fourth-order valence-electron chi connectivity index (χ4n) is 2.80. The average Bonchev–Trinajstić information content (AvgIpc) is 2.74. The van der Waals surface area contributed by atoms with Crippen molar-refractivity contribution in [2.45, 2.75) is 0 Å². The van der Waals surface area contributed by atoms with Gasteiger partial charge >= 0.3 is 0 Å². The van der Waals surface area contributed by atoms with Crippen LogP contribution in [0.25, 0.3) is 0 Å². The van der Waals surface area contributed by atoms with Gasteiger partial charge in [0.05, 0.1) is 25.6 Å². The van der Waals surface area contributed by atoms with Gasteiger partial charge in [-0.3, -0.25) is 9.10 Å². The second kappa shape index (κ2) is 9.57. The summed E-state index contributed by atoms with van der Waals surface area (Å²) in [6, 6.07) is 11.8. The van der Waals surface area contributed by atoms with Crippen molar-refractivity contribution in [1.82, 2.24) is 5.32 Å². The van der Waals surface area contributed by atoms with E-state index in [9.17, 15) is 13.2 Å². The van der Waals surface area contributed by atoms with Crippen molar-refractivity contribution in [3.63, 3.8) is 0 Å². The Labute approximate surface area is 175 Å². The van der Waals surface area contributed by atoms with E-state index >= 15 is 0 Å². The number of methoxy groups -OCH3 is 1. The van der Waals surface area contributed by atoms with E-state index in [0.717, 1.165) is 16.3 Å². The van der Waals surface area contributed by atoms with Crippen LogP contribution in [0.3, 0.4) is 0 Å². The quantitative estimate of drug-likeness (QED) is 0.593. The number of anilines is 1. The fraction of sp³-hybridized carbons (Fsp3) is 0.350. The van der Waals surface area contributed by atoms with Crippen molar-refractivity contribution in [3.05, 3.63) is 42.5 Å². The molecule has 0 unspecified atom stereocenters. The van der Waals surface area contributed by atoms with Gasteiger partial charge in [0.1, 0.15) is 37.9 Å². The lowest BCUT2D eigenvalue weighted by Gasteiger charge is -2.24. The summed E-state index contributed by atoms with van der Waals surface area (Å²) in [5, 5.41) is 2.66. The Morgan fingerprint density at radius 3 is 2.40 bits per heavy atom. The molecule has 1 aliphatic rings. The first-order valence-electron chi connectivity index (χ1n) is 9.28. The van der Waals surface area contributed by atoms with Gasteiger partial charge in [0.15, 0.2) is 11.5 Å². The molecule has 0 atom stereocenters. The second-order valence-electron chi connectivity index (χ2n) is 6.47. The highest BCUT2D eigenvalue weighted by Crippen LogP contribution is 2.34. The minimum absolute atomic E-state index is 0.226. The Hall–Kier alpha value is -3.14. The van der Waals surface area contributed by atoms with E-state index in [1.165, 1.54) is 0 Å². The van der Waals surface area contributed by atoms with Gasteiger partial charge in [-0.1, -0.05) is 0 Å². The number of benzene rings is 2. The van der Waals surface area contributed by atoms with Crippen LogP contribution in [-0.2, 0) is 14.8 Å². The first-order chi connectivity index (χ1) is 14.4. The van der Waals surface area contributed by atoms with Gasteiger partial charge in [0, 0.05) is 6.07 Å². The molecule has 10 heteroatoms. The number of hydrogen-bond acceptors (Lipinski definition) is 7. The number of nitrogens with zero attached hydrogens (tertiary/aromatic N) is 1. The maximum atomic E-state index is 12.3. The number of hydrogen-bond donors (Lipinski definition) is 1. The molecule has 2 aromatic carbocycles. The lowest BCUT2D eigenvalue weighted by atomic mass is 10.2. The van der Waals surface area contributed by atoms with Crippen LogP contribution < -0.4 is 28.6 Å². The number of rotatable bonds is 9. The molecule has 9 nitrogen and oxygen atoms in total. The normalized spacial score (nSPS) is 12.7. The Morgan fingerprint density at radius 2 is 1.73 bits per heavy atom. The number of sulfonamides is 1. The zero-order chi connectivity index (χ0) is 21.6. The number of carbonyl (C=O) groups is 1. The number of carbonyl (C=O) groups excluding carboxylic acids is 1. The van der Waals surface area contributed by atoms with E-state index < -0.39 is 15.9 Å². The molecule has 0 saturated carbocycles. The number of fused-ring (bicyclic) bond motifs is 1. The van der Waals surface area contributed by atoms with Crippen LogP contribution in [0.15, 0.2) is 42.5 Å². The van der Waals surface area contributed by atoms with Crippen molar-refractivity contribution in [3.8, 4) is 23.0 Å². The third-order valence-electron chi connectivity index (χ3n) is 4.25. The van der Waals surface area contributed by atoms with E-state index in [2.05, 4.69) is 5.32 Å². The molecule has 1 amide bonds. The van der Waals surface area contributed by atoms with Crippen LogP contribution in [0.4, 0.5) is 5.69 Å². The van der Waals surface area contributed by atoms with Gasteiger partial charge in [0.2, 0.25) is 15.9 Å². The summed E-state index contributed by atoms with van der Waals surface area (Å²) in [6.45, 7) is 0.915. The van der Waals surface area contributed by atoms with Crippen LogP contribution in [0.1, 0.15) is 0 Å². The smallest absolute Gasteiger partial charge is 0.240 e. The van der Waals surface area contributed by atoms with Crippen LogP contribution in [0.2, 0.25) is 0 Å². The molecule has 30 heavy (non-hydrogen) atoms. The predicted molar refractivity (Wildman–Crippen MR) is 111 cm³/mol. The summed E-state index contributed by atoms with van der Waals surface area (Å²) < 4.78 is 47.1. The van der Waals surface area contributed by atoms with Crippen LogP contribution in [0, 0.1) is 0 Å². The van der Waals surface area contributed by atoms with Crippen molar-refractivity contribution in [2.75, 3.05) is 50.6 Å². The maximum absolute atomic E-state index is 12.3. The summed E-state index contributed by atoms with van der Waals surface area (Å²) >= 11 is 0. The highest BCUT2D eigenvalue weighted by atomic mass is 32.2. The SMILES string of the molecule is COc1ccc(OCCNC(=O)CN(c2ccc3c(c2)OCCO3)S(C)(=O)=O)cc1.